The molecule has 4 aliphatic carbocycles. The highest BCUT2D eigenvalue weighted by molar-refractivity contribution is 5.11. The van der Waals surface area contributed by atoms with Gasteiger partial charge in [-0.1, -0.05) is 27.7 Å². The van der Waals surface area contributed by atoms with E-state index in [1.165, 1.54) is 0 Å². The zero-order chi connectivity index (χ0) is 22.1. The third-order valence-electron chi connectivity index (χ3n) is 11.0. The lowest BCUT2D eigenvalue weighted by atomic mass is 9.43. The normalized spacial score (nSPS) is 50.9. The molecule has 174 valence electrons. The molecular formula is C25H41F3O2. The fourth-order valence-corrected chi connectivity index (χ4v) is 9.07. The Bertz CT molecular complexity index is 651. The van der Waals surface area contributed by atoms with Crippen molar-refractivity contribution in [2.45, 2.75) is 110 Å². The standard InChI is InChI=1S/C25H41F3O2/c1-5-24(30)13-12-22(3)16(14-24)6-7-17-19-9-8-18(15(2)21(29)25(26,27)28)23(19,4)11-10-20(17)22/h15-21,29-30H,5-14H2,1-4H3/t15-,16+,17-,18+,19-,20-,21+,22-,23+,24-/m0/s1. The molecule has 0 spiro atoms. The Morgan fingerprint density at radius 1 is 0.933 bits per heavy atom. The Balaban J connectivity index is 1.54. The van der Waals surface area contributed by atoms with Gasteiger partial charge in [0.15, 0.2) is 6.10 Å². The van der Waals surface area contributed by atoms with Crippen molar-refractivity contribution in [3.63, 3.8) is 0 Å². The molecule has 2 N–H and O–H groups in total. The largest absolute Gasteiger partial charge is 0.414 e. The molecule has 0 bridgehead atoms. The van der Waals surface area contributed by atoms with Gasteiger partial charge in [0, 0.05) is 0 Å². The minimum absolute atomic E-state index is 0.0536. The molecule has 0 saturated heterocycles. The van der Waals surface area contributed by atoms with Gasteiger partial charge >= 0.3 is 6.18 Å². The van der Waals surface area contributed by atoms with E-state index in [1.54, 1.807) is 6.92 Å². The van der Waals surface area contributed by atoms with Crippen LogP contribution in [0.15, 0.2) is 0 Å². The Labute approximate surface area is 180 Å². The van der Waals surface area contributed by atoms with Crippen LogP contribution in [0.3, 0.4) is 0 Å². The van der Waals surface area contributed by atoms with Crippen LogP contribution < -0.4 is 0 Å². The molecule has 4 rings (SSSR count). The first kappa shape index (κ1) is 22.9. The highest BCUT2D eigenvalue weighted by atomic mass is 19.4. The first-order valence-corrected chi connectivity index (χ1v) is 12.3. The second-order valence-electron chi connectivity index (χ2n) is 12.0. The molecular weight excluding hydrogens is 389 g/mol. The minimum Gasteiger partial charge on any atom is -0.390 e. The van der Waals surface area contributed by atoms with Gasteiger partial charge in [-0.3, -0.25) is 0 Å². The summed E-state index contributed by atoms with van der Waals surface area (Å²) in [6, 6.07) is 0. The molecule has 5 heteroatoms. The molecule has 0 aromatic rings. The van der Waals surface area contributed by atoms with Gasteiger partial charge in [-0.15, -0.1) is 0 Å². The summed E-state index contributed by atoms with van der Waals surface area (Å²) >= 11 is 0. The smallest absolute Gasteiger partial charge is 0.390 e. The summed E-state index contributed by atoms with van der Waals surface area (Å²) in [6.45, 7) is 8.40. The predicted octanol–water partition coefficient (Wildman–Crippen LogP) is 6.35. The van der Waals surface area contributed by atoms with Gasteiger partial charge in [-0.2, -0.15) is 13.2 Å². The summed E-state index contributed by atoms with van der Waals surface area (Å²) in [7, 11) is 0. The molecule has 4 fully saturated rings. The monoisotopic (exact) mass is 430 g/mol. The van der Waals surface area contributed by atoms with E-state index >= 15 is 0 Å². The summed E-state index contributed by atoms with van der Waals surface area (Å²) in [5, 5.41) is 20.9. The molecule has 2 nitrogen and oxygen atoms in total. The number of hydrogen-bond donors (Lipinski definition) is 2. The Kier molecular flexibility index (Phi) is 5.62. The predicted molar refractivity (Wildman–Crippen MR) is 112 cm³/mol. The fraction of sp³-hybridized carbons (Fsp3) is 1.00. The summed E-state index contributed by atoms with van der Waals surface area (Å²) in [5.41, 5.74) is -0.322. The van der Waals surface area contributed by atoms with Crippen LogP contribution in [0.2, 0.25) is 0 Å². The number of halogens is 3. The van der Waals surface area contributed by atoms with Crippen molar-refractivity contribution in [3.8, 4) is 0 Å². The van der Waals surface area contributed by atoms with E-state index in [1.807, 2.05) is 0 Å². The molecule has 0 unspecified atom stereocenters. The van der Waals surface area contributed by atoms with Crippen molar-refractivity contribution in [2.75, 3.05) is 0 Å². The van der Waals surface area contributed by atoms with Crippen LogP contribution in [0, 0.1) is 46.3 Å². The van der Waals surface area contributed by atoms with E-state index in [9.17, 15) is 23.4 Å². The molecule has 0 radical (unpaired) electrons. The fourth-order valence-electron chi connectivity index (χ4n) is 9.07. The maximum absolute atomic E-state index is 13.2. The van der Waals surface area contributed by atoms with Crippen LogP contribution in [-0.2, 0) is 0 Å². The van der Waals surface area contributed by atoms with E-state index in [0.717, 1.165) is 64.2 Å². The number of aliphatic hydroxyl groups excluding tert-OH is 1. The quantitative estimate of drug-likeness (QED) is 0.548. The summed E-state index contributed by atoms with van der Waals surface area (Å²) in [5.74, 6) is 1.49. The van der Waals surface area contributed by atoms with Crippen LogP contribution in [0.1, 0.15) is 91.9 Å². The lowest BCUT2D eigenvalue weighted by Gasteiger charge is -2.62. The van der Waals surface area contributed by atoms with Crippen molar-refractivity contribution >= 4 is 0 Å². The Morgan fingerprint density at radius 3 is 2.23 bits per heavy atom. The minimum atomic E-state index is -4.53. The third kappa shape index (κ3) is 3.36. The van der Waals surface area contributed by atoms with E-state index < -0.39 is 23.8 Å². The van der Waals surface area contributed by atoms with Crippen molar-refractivity contribution in [2.24, 2.45) is 46.3 Å². The number of aliphatic hydroxyl groups is 2. The SMILES string of the molecule is CC[C@]1(O)CC[C@@]2(C)[C@H](CC[C@@H]3[C@@H]2CC[C@]2(C)[C@@H]([C@H](C)[C@@H](O)C(F)(F)F)CC[C@@H]32)C1. The summed E-state index contributed by atoms with van der Waals surface area (Å²) in [4.78, 5) is 0. The maximum atomic E-state index is 13.2. The van der Waals surface area contributed by atoms with Gasteiger partial charge < -0.3 is 10.2 Å². The van der Waals surface area contributed by atoms with Crippen LogP contribution in [0.25, 0.3) is 0 Å². The lowest BCUT2D eigenvalue weighted by molar-refractivity contribution is -0.228. The topological polar surface area (TPSA) is 40.5 Å². The first-order valence-electron chi connectivity index (χ1n) is 12.3. The average molecular weight is 431 g/mol. The molecule has 0 aromatic heterocycles. The molecule has 10 atom stereocenters. The summed E-state index contributed by atoms with van der Waals surface area (Å²) in [6.07, 6.45) is 3.19. The van der Waals surface area contributed by atoms with Gasteiger partial charge in [0.1, 0.15) is 0 Å². The number of rotatable bonds is 3. The van der Waals surface area contributed by atoms with E-state index in [-0.39, 0.29) is 16.7 Å². The Morgan fingerprint density at radius 2 is 1.60 bits per heavy atom. The maximum Gasteiger partial charge on any atom is 0.414 e. The number of hydrogen-bond acceptors (Lipinski definition) is 2. The molecule has 4 saturated carbocycles. The molecule has 0 amide bonds. The highest BCUT2D eigenvalue weighted by Gasteiger charge is 2.62. The van der Waals surface area contributed by atoms with Crippen LogP contribution >= 0.6 is 0 Å². The van der Waals surface area contributed by atoms with Crippen molar-refractivity contribution < 1.29 is 23.4 Å². The number of alkyl halides is 3. The highest BCUT2D eigenvalue weighted by Crippen LogP contribution is 2.69. The Hall–Kier alpha value is -0.290. The molecule has 0 aliphatic heterocycles. The molecule has 4 aliphatic rings. The van der Waals surface area contributed by atoms with Crippen molar-refractivity contribution in [1.82, 2.24) is 0 Å². The second-order valence-corrected chi connectivity index (χ2v) is 12.0. The van der Waals surface area contributed by atoms with Gasteiger partial charge in [0.05, 0.1) is 5.60 Å². The summed E-state index contributed by atoms with van der Waals surface area (Å²) < 4.78 is 39.7. The molecule has 30 heavy (non-hydrogen) atoms. The zero-order valence-electron chi connectivity index (χ0n) is 19.1. The van der Waals surface area contributed by atoms with Gasteiger partial charge in [-0.25, -0.2) is 0 Å². The zero-order valence-corrected chi connectivity index (χ0v) is 19.1. The third-order valence-corrected chi connectivity index (χ3v) is 11.0. The van der Waals surface area contributed by atoms with Gasteiger partial charge in [-0.05, 0) is 111 Å². The average Bonchev–Trinajstić information content (AvgIpc) is 3.04. The van der Waals surface area contributed by atoms with Crippen molar-refractivity contribution in [1.29, 1.82) is 0 Å². The first-order chi connectivity index (χ1) is 13.9. The van der Waals surface area contributed by atoms with Crippen molar-refractivity contribution in [3.05, 3.63) is 0 Å². The van der Waals surface area contributed by atoms with E-state index in [2.05, 4.69) is 20.8 Å². The molecule has 0 heterocycles. The van der Waals surface area contributed by atoms with E-state index in [4.69, 9.17) is 0 Å². The van der Waals surface area contributed by atoms with Crippen LogP contribution in [-0.4, -0.2) is 28.1 Å². The van der Waals surface area contributed by atoms with Crippen LogP contribution in [0.4, 0.5) is 13.2 Å². The lowest BCUT2D eigenvalue weighted by Crippen LogP contribution is -2.56. The number of fused-ring (bicyclic) bond motifs is 5. The molecule has 0 aromatic carbocycles. The second kappa shape index (κ2) is 7.37. The van der Waals surface area contributed by atoms with Gasteiger partial charge in [0.2, 0.25) is 0 Å². The van der Waals surface area contributed by atoms with E-state index in [0.29, 0.717) is 23.7 Å². The van der Waals surface area contributed by atoms with Gasteiger partial charge in [0.25, 0.3) is 0 Å². The van der Waals surface area contributed by atoms with Crippen LogP contribution in [0.5, 0.6) is 0 Å².